The quantitative estimate of drug-likeness (QED) is 0.551. The molecule has 0 amide bonds. The molecule has 0 radical (unpaired) electrons. The summed E-state index contributed by atoms with van der Waals surface area (Å²) in [6.45, 7) is 0. The minimum absolute atomic E-state index is 0.124. The number of carbonyl (C=O) groups is 2. The van der Waals surface area contributed by atoms with Crippen LogP contribution in [-0.4, -0.2) is 31.7 Å². The van der Waals surface area contributed by atoms with E-state index in [0.717, 1.165) is 0 Å². The molecule has 0 aliphatic heterocycles. The number of thiazole rings is 1. The Morgan fingerprint density at radius 1 is 1.26 bits per heavy atom. The first-order valence-corrected chi connectivity index (χ1v) is 7.61. The Balaban J connectivity index is 1.67. The lowest BCUT2D eigenvalue weighted by Crippen LogP contribution is -2.18. The molecule has 23 heavy (non-hydrogen) atoms. The average Bonchev–Trinajstić information content (AvgIpc) is 3.21. The number of carbonyl (C=O) groups excluding carboxylic acids is 2. The smallest absolute Gasteiger partial charge is 0.267 e. The van der Waals surface area contributed by atoms with E-state index in [0.29, 0.717) is 22.7 Å². The zero-order valence-electron chi connectivity index (χ0n) is 11.8. The van der Waals surface area contributed by atoms with Crippen LogP contribution in [0, 0.1) is 5.82 Å². The zero-order chi connectivity index (χ0) is 16.2. The van der Waals surface area contributed by atoms with Crippen molar-refractivity contribution >= 4 is 22.9 Å². The van der Waals surface area contributed by atoms with Crippen molar-refractivity contribution in [2.75, 3.05) is 0 Å². The highest BCUT2D eigenvalue weighted by atomic mass is 32.1. The summed E-state index contributed by atoms with van der Waals surface area (Å²) in [5, 5.41) is 8.34. The molecule has 8 heteroatoms. The molecule has 0 aliphatic rings. The van der Waals surface area contributed by atoms with Gasteiger partial charge in [-0.15, -0.1) is 16.4 Å². The molecule has 0 saturated heterocycles. The van der Waals surface area contributed by atoms with Gasteiger partial charge in [0.1, 0.15) is 12.1 Å². The maximum Gasteiger partial charge on any atom is 0.267 e. The molecule has 1 aromatic carbocycles. The fourth-order valence-corrected chi connectivity index (χ4v) is 2.82. The lowest BCUT2D eigenvalue weighted by atomic mass is 10.1. The molecule has 1 N–H and O–H groups in total. The van der Waals surface area contributed by atoms with Crippen molar-refractivity contribution in [1.82, 2.24) is 20.2 Å². The molecule has 3 rings (SSSR count). The van der Waals surface area contributed by atoms with Crippen LogP contribution >= 0.6 is 11.3 Å². The lowest BCUT2D eigenvalue weighted by Gasteiger charge is -1.99. The van der Waals surface area contributed by atoms with Gasteiger partial charge in [0.2, 0.25) is 11.6 Å². The van der Waals surface area contributed by atoms with Crippen LogP contribution in [-0.2, 0) is 17.6 Å². The predicted molar refractivity (Wildman–Crippen MR) is 80.7 cm³/mol. The molecule has 0 saturated carbocycles. The standard InChI is InChI=1S/C15H11FN4O2S/c16-11-4-2-1-3-9(11)5-13-19-10(7-23-13)6-12(21)14(22)15-17-8-18-20-15/h1-4,7-8H,5-6H2,(H,17,18,20). The first-order chi connectivity index (χ1) is 11.1. The van der Waals surface area contributed by atoms with Crippen molar-refractivity contribution in [3.63, 3.8) is 0 Å². The summed E-state index contributed by atoms with van der Waals surface area (Å²) in [7, 11) is 0. The van der Waals surface area contributed by atoms with Gasteiger partial charge in [-0.25, -0.2) is 14.4 Å². The summed E-state index contributed by atoms with van der Waals surface area (Å²) in [6, 6.07) is 6.46. The first-order valence-electron chi connectivity index (χ1n) is 6.73. The maximum atomic E-state index is 13.6. The van der Waals surface area contributed by atoms with Gasteiger partial charge in [0.05, 0.1) is 17.1 Å². The molecule has 0 bridgehead atoms. The molecule has 116 valence electrons. The molecule has 0 spiro atoms. The third-order valence-electron chi connectivity index (χ3n) is 3.11. The van der Waals surface area contributed by atoms with Gasteiger partial charge in [-0.2, -0.15) is 0 Å². The Hall–Kier alpha value is -2.74. The highest BCUT2D eigenvalue weighted by Crippen LogP contribution is 2.17. The lowest BCUT2D eigenvalue weighted by molar-refractivity contribution is -0.114. The molecular formula is C15H11FN4O2S. The van der Waals surface area contributed by atoms with E-state index in [4.69, 9.17) is 0 Å². The summed E-state index contributed by atoms with van der Waals surface area (Å²) in [5.74, 6) is -1.83. The summed E-state index contributed by atoms with van der Waals surface area (Å²) in [4.78, 5) is 31.6. The number of hydrogen-bond acceptors (Lipinski definition) is 6. The van der Waals surface area contributed by atoms with Crippen molar-refractivity contribution in [3.05, 3.63) is 63.9 Å². The number of halogens is 1. The van der Waals surface area contributed by atoms with Gasteiger partial charge in [0.25, 0.3) is 5.78 Å². The highest BCUT2D eigenvalue weighted by Gasteiger charge is 2.21. The summed E-state index contributed by atoms with van der Waals surface area (Å²) < 4.78 is 13.6. The second kappa shape index (κ2) is 6.57. The van der Waals surface area contributed by atoms with E-state index in [1.54, 1.807) is 23.6 Å². The molecule has 6 nitrogen and oxygen atoms in total. The number of rotatable bonds is 6. The number of aromatic nitrogens is 4. The fraction of sp³-hybridized carbons (Fsp3) is 0.133. The van der Waals surface area contributed by atoms with Crippen LogP contribution in [0.5, 0.6) is 0 Å². The van der Waals surface area contributed by atoms with Gasteiger partial charge in [0, 0.05) is 11.8 Å². The number of benzene rings is 1. The van der Waals surface area contributed by atoms with Crippen molar-refractivity contribution < 1.29 is 14.0 Å². The van der Waals surface area contributed by atoms with Gasteiger partial charge < -0.3 is 0 Å². The Labute approximate surface area is 134 Å². The van der Waals surface area contributed by atoms with Crippen LogP contribution < -0.4 is 0 Å². The van der Waals surface area contributed by atoms with Gasteiger partial charge >= 0.3 is 0 Å². The van der Waals surface area contributed by atoms with Crippen LogP contribution in [0.3, 0.4) is 0 Å². The van der Waals surface area contributed by atoms with E-state index in [-0.39, 0.29) is 18.1 Å². The number of ketones is 2. The van der Waals surface area contributed by atoms with E-state index < -0.39 is 11.6 Å². The van der Waals surface area contributed by atoms with Crippen molar-refractivity contribution in [3.8, 4) is 0 Å². The topological polar surface area (TPSA) is 88.6 Å². The van der Waals surface area contributed by atoms with E-state index in [9.17, 15) is 14.0 Å². The average molecular weight is 330 g/mol. The van der Waals surface area contributed by atoms with E-state index in [2.05, 4.69) is 20.2 Å². The second-order valence-electron chi connectivity index (χ2n) is 4.75. The highest BCUT2D eigenvalue weighted by molar-refractivity contribution is 7.09. The van der Waals surface area contributed by atoms with Gasteiger partial charge in [-0.05, 0) is 11.6 Å². The van der Waals surface area contributed by atoms with Gasteiger partial charge in [-0.1, -0.05) is 18.2 Å². The number of hydrogen-bond donors (Lipinski definition) is 1. The predicted octanol–water partition coefficient (Wildman–Crippen LogP) is 1.99. The number of nitrogens with one attached hydrogen (secondary N) is 1. The minimum Gasteiger partial charge on any atom is -0.290 e. The normalized spacial score (nSPS) is 10.7. The van der Waals surface area contributed by atoms with Crippen LogP contribution in [0.4, 0.5) is 4.39 Å². The Kier molecular flexibility index (Phi) is 4.33. The van der Waals surface area contributed by atoms with E-state index >= 15 is 0 Å². The second-order valence-corrected chi connectivity index (χ2v) is 5.70. The summed E-state index contributed by atoms with van der Waals surface area (Å²) >= 11 is 1.33. The van der Waals surface area contributed by atoms with Crippen molar-refractivity contribution in [2.45, 2.75) is 12.8 Å². The summed E-state index contributed by atoms with van der Waals surface area (Å²) in [5.41, 5.74) is 1.02. The largest absolute Gasteiger partial charge is 0.290 e. The molecule has 2 heterocycles. The van der Waals surface area contributed by atoms with Gasteiger partial charge in [0.15, 0.2) is 0 Å². The van der Waals surface area contributed by atoms with Crippen LogP contribution in [0.25, 0.3) is 0 Å². The number of nitrogens with zero attached hydrogens (tertiary/aromatic N) is 3. The molecule has 0 fully saturated rings. The fourth-order valence-electron chi connectivity index (χ4n) is 2.00. The van der Waals surface area contributed by atoms with Crippen LogP contribution in [0.1, 0.15) is 26.9 Å². The molecule has 0 aliphatic carbocycles. The van der Waals surface area contributed by atoms with Crippen molar-refractivity contribution in [2.24, 2.45) is 0 Å². The minimum atomic E-state index is -0.755. The maximum absolute atomic E-state index is 13.6. The molecule has 3 aromatic rings. The molecular weight excluding hydrogens is 319 g/mol. The number of H-pyrrole nitrogens is 1. The third kappa shape index (κ3) is 3.54. The van der Waals surface area contributed by atoms with Crippen molar-refractivity contribution in [1.29, 1.82) is 0 Å². The third-order valence-corrected chi connectivity index (χ3v) is 4.01. The SMILES string of the molecule is O=C(Cc1csc(Cc2ccccc2F)n1)C(=O)c1nc[nH]n1. The first kappa shape index (κ1) is 15.2. The number of Topliss-reactive ketones (excluding diaryl/α,β-unsaturated/α-hetero) is 2. The monoisotopic (exact) mass is 330 g/mol. The Morgan fingerprint density at radius 2 is 2.09 bits per heavy atom. The summed E-state index contributed by atoms with van der Waals surface area (Å²) in [6.07, 6.45) is 1.46. The molecule has 0 unspecified atom stereocenters. The molecule has 2 aromatic heterocycles. The van der Waals surface area contributed by atoms with E-state index in [1.807, 2.05) is 0 Å². The number of aromatic amines is 1. The van der Waals surface area contributed by atoms with E-state index in [1.165, 1.54) is 23.7 Å². The Bertz CT molecular complexity index is 845. The van der Waals surface area contributed by atoms with Gasteiger partial charge in [-0.3, -0.25) is 14.7 Å². The molecule has 0 atom stereocenters. The van der Waals surface area contributed by atoms with Crippen LogP contribution in [0.15, 0.2) is 36.0 Å². The Morgan fingerprint density at radius 3 is 2.83 bits per heavy atom. The zero-order valence-corrected chi connectivity index (χ0v) is 12.6. The van der Waals surface area contributed by atoms with Crippen LogP contribution in [0.2, 0.25) is 0 Å².